The number of rotatable bonds is 5. The fourth-order valence-electron chi connectivity index (χ4n) is 2.08. The Balaban J connectivity index is 2.47. The number of nitrogens with zero attached hydrogens (tertiary/aromatic N) is 2. The molecule has 0 N–H and O–H groups in total. The fourth-order valence-corrected chi connectivity index (χ4v) is 2.69. The van der Waals surface area contributed by atoms with Gasteiger partial charge in [-0.05, 0) is 36.3 Å². The predicted octanol–water partition coefficient (Wildman–Crippen LogP) is 5.36. The van der Waals surface area contributed by atoms with Crippen molar-refractivity contribution in [2.24, 2.45) is 0 Å². The van der Waals surface area contributed by atoms with Crippen LogP contribution in [0.4, 0.5) is 5.69 Å². The van der Waals surface area contributed by atoms with Gasteiger partial charge in [-0.2, -0.15) is 5.26 Å². The largest absolute Gasteiger partial charge is 0.491 e. The van der Waals surface area contributed by atoms with Crippen molar-refractivity contribution < 1.29 is 9.66 Å². The Morgan fingerprint density at radius 2 is 2.00 bits per heavy atom. The predicted molar refractivity (Wildman–Crippen MR) is 94.2 cm³/mol. The van der Waals surface area contributed by atoms with Crippen molar-refractivity contribution >= 4 is 40.5 Å². The normalized spacial score (nSPS) is 11.0. The summed E-state index contributed by atoms with van der Waals surface area (Å²) >= 11 is 12.3. The molecule has 0 unspecified atom stereocenters. The first-order valence-corrected chi connectivity index (χ1v) is 7.70. The van der Waals surface area contributed by atoms with Crippen molar-refractivity contribution in [2.45, 2.75) is 6.92 Å². The van der Waals surface area contributed by atoms with E-state index < -0.39 is 4.92 Å². The van der Waals surface area contributed by atoms with E-state index in [0.717, 1.165) is 0 Å². The number of halogens is 2. The first kappa shape index (κ1) is 17.8. The van der Waals surface area contributed by atoms with Gasteiger partial charge in [0.15, 0.2) is 5.75 Å². The molecule has 0 saturated heterocycles. The van der Waals surface area contributed by atoms with Gasteiger partial charge in [-0.1, -0.05) is 35.3 Å². The number of hydrogen-bond donors (Lipinski definition) is 0. The lowest BCUT2D eigenvalue weighted by molar-refractivity contribution is -0.384. The maximum absolute atomic E-state index is 10.9. The molecule has 2 aromatic carbocycles. The van der Waals surface area contributed by atoms with Gasteiger partial charge in [0.2, 0.25) is 0 Å². The quantitative estimate of drug-likeness (QED) is 0.310. The molecule has 0 saturated carbocycles. The van der Waals surface area contributed by atoms with E-state index in [1.54, 1.807) is 24.3 Å². The molecule has 0 aliphatic heterocycles. The lowest BCUT2D eigenvalue weighted by atomic mass is 10.0. The van der Waals surface area contributed by atoms with Gasteiger partial charge in [0.05, 0.1) is 33.2 Å². The third-order valence-corrected chi connectivity index (χ3v) is 3.67. The van der Waals surface area contributed by atoms with Gasteiger partial charge in [-0.3, -0.25) is 10.1 Å². The molecule has 0 heterocycles. The molecule has 0 aromatic heterocycles. The molecule has 0 amide bonds. The molecule has 0 bridgehead atoms. The van der Waals surface area contributed by atoms with Gasteiger partial charge in [-0.15, -0.1) is 0 Å². The Bertz CT molecular complexity index is 834. The van der Waals surface area contributed by atoms with E-state index in [9.17, 15) is 15.4 Å². The van der Waals surface area contributed by atoms with Crippen LogP contribution < -0.4 is 4.74 Å². The second-order valence-corrected chi connectivity index (χ2v) is 5.54. The lowest BCUT2D eigenvalue weighted by Gasteiger charge is -2.09. The standard InChI is InChI=1S/C17H12Cl2N2O3/c1-2-24-17-15(18)7-11(8-16(17)19)6-13(10-20)12-4-3-5-14(9-12)21(22)23/h3-9H,2H2,1H3/b13-6-. The average molecular weight is 363 g/mol. The van der Waals surface area contributed by atoms with Crippen molar-refractivity contribution in [3.05, 3.63) is 67.7 Å². The van der Waals surface area contributed by atoms with Gasteiger partial charge in [0, 0.05) is 12.1 Å². The molecule has 0 spiro atoms. The van der Waals surface area contributed by atoms with E-state index in [1.807, 2.05) is 13.0 Å². The summed E-state index contributed by atoms with van der Waals surface area (Å²) in [6.07, 6.45) is 1.56. The topological polar surface area (TPSA) is 76.2 Å². The number of nitro benzene ring substituents is 1. The molecule has 2 rings (SSSR count). The Morgan fingerprint density at radius 1 is 1.33 bits per heavy atom. The lowest BCUT2D eigenvalue weighted by Crippen LogP contribution is -1.94. The van der Waals surface area contributed by atoms with Crippen LogP contribution in [0.25, 0.3) is 11.6 Å². The van der Waals surface area contributed by atoms with Crippen LogP contribution in [0.1, 0.15) is 18.1 Å². The second-order valence-electron chi connectivity index (χ2n) is 4.72. The van der Waals surface area contributed by atoms with Crippen molar-refractivity contribution in [1.82, 2.24) is 0 Å². The summed E-state index contributed by atoms with van der Waals surface area (Å²) in [7, 11) is 0. The Hall–Kier alpha value is -2.55. The molecule has 0 aliphatic carbocycles. The van der Waals surface area contributed by atoms with Gasteiger partial charge in [0.1, 0.15) is 0 Å². The number of benzene rings is 2. The first-order chi connectivity index (χ1) is 11.5. The van der Waals surface area contributed by atoms with E-state index in [1.165, 1.54) is 18.2 Å². The first-order valence-electron chi connectivity index (χ1n) is 6.94. The van der Waals surface area contributed by atoms with Gasteiger partial charge in [-0.25, -0.2) is 0 Å². The van der Waals surface area contributed by atoms with Crippen LogP contribution in [0, 0.1) is 21.4 Å². The molecule has 122 valence electrons. The third kappa shape index (κ3) is 4.05. The number of hydrogen-bond acceptors (Lipinski definition) is 4. The minimum absolute atomic E-state index is 0.0867. The Labute approximate surface area is 148 Å². The number of ether oxygens (including phenoxy) is 1. The zero-order chi connectivity index (χ0) is 17.7. The summed E-state index contributed by atoms with van der Waals surface area (Å²) in [5.74, 6) is 0.381. The number of non-ortho nitro benzene ring substituents is 1. The van der Waals surface area contributed by atoms with Crippen LogP contribution in [0.5, 0.6) is 5.75 Å². The van der Waals surface area contributed by atoms with E-state index in [4.69, 9.17) is 27.9 Å². The van der Waals surface area contributed by atoms with E-state index in [2.05, 4.69) is 0 Å². The summed E-state index contributed by atoms with van der Waals surface area (Å²) in [5, 5.41) is 20.9. The van der Waals surface area contributed by atoms with Gasteiger partial charge < -0.3 is 4.74 Å². The molecule has 0 radical (unpaired) electrons. The second kappa shape index (κ2) is 7.82. The maximum Gasteiger partial charge on any atom is 0.270 e. The van der Waals surface area contributed by atoms with Gasteiger partial charge in [0.25, 0.3) is 5.69 Å². The van der Waals surface area contributed by atoms with Crippen LogP contribution in [-0.2, 0) is 0 Å². The molecule has 5 nitrogen and oxygen atoms in total. The van der Waals surface area contributed by atoms with Crippen molar-refractivity contribution in [3.63, 3.8) is 0 Å². The molecule has 0 fully saturated rings. The Morgan fingerprint density at radius 3 is 2.54 bits per heavy atom. The van der Waals surface area contributed by atoms with Gasteiger partial charge >= 0.3 is 0 Å². The third-order valence-electron chi connectivity index (χ3n) is 3.11. The molecular weight excluding hydrogens is 351 g/mol. The minimum Gasteiger partial charge on any atom is -0.491 e. The van der Waals surface area contributed by atoms with Crippen LogP contribution in [0.3, 0.4) is 0 Å². The van der Waals surface area contributed by atoms with E-state index in [-0.39, 0.29) is 11.3 Å². The molecule has 24 heavy (non-hydrogen) atoms. The van der Waals surface area contributed by atoms with E-state index >= 15 is 0 Å². The van der Waals surface area contributed by atoms with Crippen molar-refractivity contribution in [2.75, 3.05) is 6.61 Å². The molecule has 7 heteroatoms. The smallest absolute Gasteiger partial charge is 0.270 e. The molecular formula is C17H12Cl2N2O3. The number of nitro groups is 1. The zero-order valence-electron chi connectivity index (χ0n) is 12.6. The molecule has 0 atom stereocenters. The summed E-state index contributed by atoms with van der Waals surface area (Å²) < 4.78 is 5.36. The molecule has 0 aliphatic rings. The van der Waals surface area contributed by atoms with Crippen LogP contribution in [0.2, 0.25) is 10.0 Å². The fraction of sp³-hybridized carbons (Fsp3) is 0.118. The SMILES string of the molecule is CCOc1c(Cl)cc(/C=C(/C#N)c2cccc([N+](=O)[O-])c2)cc1Cl. The monoisotopic (exact) mass is 362 g/mol. The summed E-state index contributed by atoms with van der Waals surface area (Å²) in [6.45, 7) is 2.24. The number of nitriles is 1. The van der Waals surface area contributed by atoms with Crippen LogP contribution in [-0.4, -0.2) is 11.5 Å². The highest BCUT2D eigenvalue weighted by molar-refractivity contribution is 6.37. The summed E-state index contributed by atoms with van der Waals surface area (Å²) in [5.41, 5.74) is 1.20. The van der Waals surface area contributed by atoms with Crippen molar-refractivity contribution in [1.29, 1.82) is 5.26 Å². The maximum atomic E-state index is 10.9. The number of allylic oxidation sites excluding steroid dienone is 1. The average Bonchev–Trinajstić information content (AvgIpc) is 2.56. The van der Waals surface area contributed by atoms with Crippen LogP contribution >= 0.6 is 23.2 Å². The zero-order valence-corrected chi connectivity index (χ0v) is 14.1. The summed E-state index contributed by atoms with van der Waals surface area (Å²) in [6, 6.07) is 11.1. The Kier molecular flexibility index (Phi) is 5.80. The highest BCUT2D eigenvalue weighted by atomic mass is 35.5. The molecule has 2 aromatic rings. The highest BCUT2D eigenvalue weighted by Gasteiger charge is 2.11. The van der Waals surface area contributed by atoms with E-state index in [0.29, 0.717) is 33.5 Å². The van der Waals surface area contributed by atoms with Crippen LogP contribution in [0.15, 0.2) is 36.4 Å². The highest BCUT2D eigenvalue weighted by Crippen LogP contribution is 2.35. The minimum atomic E-state index is -0.511. The summed E-state index contributed by atoms with van der Waals surface area (Å²) in [4.78, 5) is 10.4. The van der Waals surface area contributed by atoms with Crippen molar-refractivity contribution in [3.8, 4) is 11.8 Å².